The molecule has 0 aromatic heterocycles. The predicted octanol–water partition coefficient (Wildman–Crippen LogP) is 3.34. The highest BCUT2D eigenvalue weighted by molar-refractivity contribution is 7.79. The van der Waals surface area contributed by atoms with E-state index in [9.17, 15) is 4.79 Å². The van der Waals surface area contributed by atoms with E-state index in [2.05, 4.69) is 6.92 Å². The summed E-state index contributed by atoms with van der Waals surface area (Å²) in [5.74, 6) is -0.659. The number of carboxylic acids is 1. The van der Waals surface area contributed by atoms with Crippen molar-refractivity contribution < 1.29 is 37.6 Å². The Balaban J connectivity index is -0.000000164. The third-order valence-electron chi connectivity index (χ3n) is 2.49. The van der Waals surface area contributed by atoms with Gasteiger partial charge in [0.25, 0.3) is 0 Å². The summed E-state index contributed by atoms with van der Waals surface area (Å²) in [4.78, 5) is 10.2. The predicted molar refractivity (Wildman–Crippen MR) is 99.2 cm³/mol. The van der Waals surface area contributed by atoms with Crippen LogP contribution in [0.4, 0.5) is 0 Å². The van der Waals surface area contributed by atoms with E-state index >= 15 is 0 Å². The minimum atomic E-state index is -4.67. The Morgan fingerprint density at radius 2 is 0.960 bits per heavy atom. The van der Waals surface area contributed by atoms with Crippen molar-refractivity contribution in [2.75, 3.05) is 13.2 Å². The van der Waals surface area contributed by atoms with Crippen LogP contribution in [0.15, 0.2) is 0 Å². The molecular weight excluding hydrogens is 352 g/mol. The molecule has 8 nitrogen and oxygen atoms in total. The molecule has 0 saturated heterocycles. The van der Waals surface area contributed by atoms with E-state index in [0.29, 0.717) is 6.42 Å². The second-order valence-corrected chi connectivity index (χ2v) is 5.95. The molecule has 0 atom stereocenters. The number of hydrogen-bond acceptors (Lipinski definition) is 5. The van der Waals surface area contributed by atoms with Gasteiger partial charge in [-0.05, 0) is 20.3 Å². The van der Waals surface area contributed by atoms with Crippen molar-refractivity contribution >= 4 is 16.4 Å². The van der Waals surface area contributed by atoms with Gasteiger partial charge in [-0.15, -0.1) is 0 Å². The minimum Gasteiger partial charge on any atom is -0.481 e. The van der Waals surface area contributed by atoms with Gasteiger partial charge in [-0.1, -0.05) is 58.3 Å². The lowest BCUT2D eigenvalue weighted by atomic mass is 10.1. The summed E-state index contributed by atoms with van der Waals surface area (Å²) in [5, 5.41) is 23.6. The highest BCUT2D eigenvalue weighted by Gasteiger charge is 1.96. The normalized spacial score (nSPS) is 9.56. The van der Waals surface area contributed by atoms with E-state index in [1.165, 1.54) is 44.9 Å². The molecule has 0 heterocycles. The first-order valence-electron chi connectivity index (χ1n) is 8.73. The van der Waals surface area contributed by atoms with Crippen molar-refractivity contribution in [1.29, 1.82) is 0 Å². The summed E-state index contributed by atoms with van der Waals surface area (Å²) in [6, 6.07) is 0. The molecule has 0 aliphatic heterocycles. The van der Waals surface area contributed by atoms with Crippen molar-refractivity contribution in [1.82, 2.24) is 0 Å². The Morgan fingerprint density at radius 1 is 0.720 bits per heavy atom. The number of carboxylic acid groups (broad SMARTS) is 1. The lowest BCUT2D eigenvalue weighted by Crippen LogP contribution is -1.93. The van der Waals surface area contributed by atoms with Crippen LogP contribution in [-0.4, -0.2) is 52.0 Å². The number of carbonyl (C=O) groups is 1. The van der Waals surface area contributed by atoms with Crippen LogP contribution < -0.4 is 0 Å². The topological polar surface area (TPSA) is 152 Å². The van der Waals surface area contributed by atoms with E-state index in [4.69, 9.17) is 32.8 Å². The average molecular weight is 391 g/mol. The number of unbranched alkanes of at least 4 members (excludes halogenated alkanes) is 8. The van der Waals surface area contributed by atoms with Crippen molar-refractivity contribution in [3.63, 3.8) is 0 Å². The fourth-order valence-corrected chi connectivity index (χ4v) is 1.59. The standard InChI is InChI=1S/C12H24O2.2C2H6O.H2O4S/c1-2-3-4-5-6-7-8-9-10-11-12(13)14;2*1-2-3;1-5(2,3)4/h2-11H2,1H3,(H,13,14);2*3H,2H2,1H3;(H2,1,2,3,4). The van der Waals surface area contributed by atoms with Crippen LogP contribution in [-0.2, 0) is 15.2 Å². The Hall–Kier alpha value is -0.740. The molecule has 0 rings (SSSR count). The van der Waals surface area contributed by atoms with E-state index in [1.807, 2.05) is 0 Å². The SMILES string of the molecule is CCCCCCCCCCCC(=O)O.CCO.CCO.O=S(=O)(O)O. The molecule has 9 heteroatoms. The van der Waals surface area contributed by atoms with Gasteiger partial charge >= 0.3 is 16.4 Å². The van der Waals surface area contributed by atoms with E-state index in [0.717, 1.165) is 12.8 Å². The lowest BCUT2D eigenvalue weighted by Gasteiger charge is -2.00. The van der Waals surface area contributed by atoms with Gasteiger partial charge in [0.05, 0.1) is 0 Å². The molecular formula is C16H38O8S. The molecule has 0 unspecified atom stereocenters. The van der Waals surface area contributed by atoms with Crippen LogP contribution in [0.3, 0.4) is 0 Å². The summed E-state index contributed by atoms with van der Waals surface area (Å²) in [7, 11) is -4.67. The fraction of sp³-hybridized carbons (Fsp3) is 0.938. The number of hydrogen-bond donors (Lipinski definition) is 5. The monoisotopic (exact) mass is 390 g/mol. The molecule has 0 bridgehead atoms. The van der Waals surface area contributed by atoms with Crippen molar-refractivity contribution in [2.24, 2.45) is 0 Å². The van der Waals surface area contributed by atoms with Crippen LogP contribution in [0.2, 0.25) is 0 Å². The molecule has 0 aromatic rings. The van der Waals surface area contributed by atoms with Gasteiger partial charge in [-0.2, -0.15) is 8.42 Å². The zero-order valence-electron chi connectivity index (χ0n) is 15.9. The van der Waals surface area contributed by atoms with E-state index < -0.39 is 16.4 Å². The summed E-state index contributed by atoms with van der Waals surface area (Å²) in [6.45, 7) is 6.09. The van der Waals surface area contributed by atoms with Gasteiger partial charge in [-0.3, -0.25) is 13.9 Å². The van der Waals surface area contributed by atoms with Gasteiger partial charge in [0.15, 0.2) is 0 Å². The van der Waals surface area contributed by atoms with Gasteiger partial charge in [0.2, 0.25) is 0 Å². The lowest BCUT2D eigenvalue weighted by molar-refractivity contribution is -0.137. The fourth-order valence-electron chi connectivity index (χ4n) is 1.59. The van der Waals surface area contributed by atoms with E-state index in [1.54, 1.807) is 13.8 Å². The number of rotatable bonds is 10. The summed E-state index contributed by atoms with van der Waals surface area (Å²) in [5.41, 5.74) is 0. The Labute approximate surface area is 152 Å². The Bertz CT molecular complexity index is 321. The highest BCUT2D eigenvalue weighted by Crippen LogP contribution is 2.10. The zero-order chi connectivity index (χ0) is 20.6. The number of aliphatic hydroxyl groups is 2. The molecule has 0 aliphatic rings. The van der Waals surface area contributed by atoms with Gasteiger partial charge in [-0.25, -0.2) is 0 Å². The highest BCUT2D eigenvalue weighted by atomic mass is 32.3. The molecule has 156 valence electrons. The Kier molecular flexibility index (Phi) is 35.9. The first kappa shape index (κ1) is 32.0. The quantitative estimate of drug-likeness (QED) is 0.281. The molecule has 5 N–H and O–H groups in total. The zero-order valence-corrected chi connectivity index (χ0v) is 16.7. The van der Waals surface area contributed by atoms with Gasteiger partial charge in [0.1, 0.15) is 0 Å². The van der Waals surface area contributed by atoms with Crippen molar-refractivity contribution in [3.8, 4) is 0 Å². The maximum atomic E-state index is 10.2. The second-order valence-electron chi connectivity index (χ2n) is 5.05. The number of aliphatic hydroxyl groups excluding tert-OH is 2. The van der Waals surface area contributed by atoms with Crippen molar-refractivity contribution in [2.45, 2.75) is 85.0 Å². The first-order valence-corrected chi connectivity index (χ1v) is 10.1. The number of aliphatic carboxylic acids is 1. The molecule has 0 amide bonds. The summed E-state index contributed by atoms with van der Waals surface area (Å²) >= 11 is 0. The summed E-state index contributed by atoms with van der Waals surface area (Å²) in [6.07, 6.45) is 11.5. The van der Waals surface area contributed by atoms with Gasteiger partial charge < -0.3 is 15.3 Å². The maximum Gasteiger partial charge on any atom is 0.394 e. The minimum absolute atomic E-state index is 0.250. The molecule has 0 spiro atoms. The van der Waals surface area contributed by atoms with Crippen LogP contribution in [0.5, 0.6) is 0 Å². The average Bonchev–Trinajstić information content (AvgIpc) is 2.45. The van der Waals surface area contributed by atoms with Crippen LogP contribution >= 0.6 is 0 Å². The molecule has 0 fully saturated rings. The van der Waals surface area contributed by atoms with Gasteiger partial charge in [0, 0.05) is 19.6 Å². The van der Waals surface area contributed by atoms with Crippen LogP contribution in [0.1, 0.15) is 85.0 Å². The molecule has 0 aliphatic carbocycles. The van der Waals surface area contributed by atoms with Crippen molar-refractivity contribution in [3.05, 3.63) is 0 Å². The third kappa shape index (κ3) is 99.9. The molecule has 25 heavy (non-hydrogen) atoms. The molecule has 0 saturated carbocycles. The third-order valence-corrected chi connectivity index (χ3v) is 2.49. The second kappa shape index (κ2) is 28.1. The van der Waals surface area contributed by atoms with Crippen LogP contribution in [0, 0.1) is 0 Å². The Morgan fingerprint density at radius 3 is 1.20 bits per heavy atom. The largest absolute Gasteiger partial charge is 0.481 e. The molecule has 0 radical (unpaired) electrons. The first-order chi connectivity index (χ1) is 11.6. The van der Waals surface area contributed by atoms with E-state index in [-0.39, 0.29) is 13.2 Å². The smallest absolute Gasteiger partial charge is 0.394 e. The molecule has 0 aromatic carbocycles. The van der Waals surface area contributed by atoms with Crippen LogP contribution in [0.25, 0.3) is 0 Å². The summed E-state index contributed by atoms with van der Waals surface area (Å²) < 4.78 is 31.6. The maximum absolute atomic E-state index is 10.2.